The Balaban J connectivity index is 1.71. The number of benzene rings is 1. The Kier molecular flexibility index (Phi) is 3.85. The molecule has 1 aromatic carbocycles. The number of rotatable bonds is 3. The third-order valence-corrected chi connectivity index (χ3v) is 3.69. The summed E-state index contributed by atoms with van der Waals surface area (Å²) < 4.78 is 11.5. The van der Waals surface area contributed by atoms with Crippen LogP contribution in [-0.2, 0) is 11.3 Å². The maximum Gasteiger partial charge on any atom is 0.209 e. The van der Waals surface area contributed by atoms with Crippen molar-refractivity contribution in [1.82, 2.24) is 9.88 Å². The van der Waals surface area contributed by atoms with Crippen LogP contribution in [0.2, 0.25) is 0 Å². The van der Waals surface area contributed by atoms with E-state index in [0.717, 1.165) is 36.9 Å². The van der Waals surface area contributed by atoms with Gasteiger partial charge in [-0.3, -0.25) is 4.90 Å². The Morgan fingerprint density at radius 1 is 1.25 bits per heavy atom. The SMILES string of the molecule is C[C@@H]1CN(Cc2ncc(-c3ccccc3)o2)[C@@H](C)CO1. The van der Waals surface area contributed by atoms with Crippen molar-refractivity contribution >= 4 is 0 Å². The van der Waals surface area contributed by atoms with Crippen LogP contribution in [0.4, 0.5) is 0 Å². The zero-order chi connectivity index (χ0) is 13.9. The zero-order valence-corrected chi connectivity index (χ0v) is 12.0. The van der Waals surface area contributed by atoms with Crippen molar-refractivity contribution in [3.8, 4) is 11.3 Å². The summed E-state index contributed by atoms with van der Waals surface area (Å²) in [6.07, 6.45) is 2.08. The molecule has 0 unspecified atom stereocenters. The second kappa shape index (κ2) is 5.77. The molecule has 4 nitrogen and oxygen atoms in total. The molecule has 0 bridgehead atoms. The number of morpholine rings is 1. The minimum atomic E-state index is 0.273. The fourth-order valence-corrected chi connectivity index (χ4v) is 2.49. The lowest BCUT2D eigenvalue weighted by molar-refractivity contribution is -0.0550. The van der Waals surface area contributed by atoms with Crippen molar-refractivity contribution in [2.24, 2.45) is 0 Å². The van der Waals surface area contributed by atoms with E-state index in [1.807, 2.05) is 30.3 Å². The first-order chi connectivity index (χ1) is 9.72. The van der Waals surface area contributed by atoms with E-state index in [1.54, 1.807) is 6.20 Å². The van der Waals surface area contributed by atoms with E-state index in [0.29, 0.717) is 6.04 Å². The molecule has 0 spiro atoms. The topological polar surface area (TPSA) is 38.5 Å². The van der Waals surface area contributed by atoms with Gasteiger partial charge in [0.1, 0.15) is 0 Å². The highest BCUT2D eigenvalue weighted by Gasteiger charge is 2.24. The molecule has 0 radical (unpaired) electrons. The molecule has 4 heteroatoms. The second-order valence-electron chi connectivity index (χ2n) is 5.41. The van der Waals surface area contributed by atoms with E-state index in [9.17, 15) is 0 Å². The van der Waals surface area contributed by atoms with Crippen LogP contribution in [0, 0.1) is 0 Å². The van der Waals surface area contributed by atoms with Crippen molar-refractivity contribution in [2.75, 3.05) is 13.2 Å². The predicted octanol–water partition coefficient (Wildman–Crippen LogP) is 2.95. The first kappa shape index (κ1) is 13.3. The average molecular weight is 272 g/mol. The van der Waals surface area contributed by atoms with E-state index >= 15 is 0 Å². The average Bonchev–Trinajstić information content (AvgIpc) is 2.92. The van der Waals surface area contributed by atoms with Crippen molar-refractivity contribution in [2.45, 2.75) is 32.5 Å². The molecule has 0 saturated carbocycles. The number of ether oxygens (including phenoxy) is 1. The highest BCUT2D eigenvalue weighted by molar-refractivity contribution is 5.55. The first-order valence-electron chi connectivity index (χ1n) is 7.08. The van der Waals surface area contributed by atoms with Gasteiger partial charge in [0.2, 0.25) is 5.89 Å². The van der Waals surface area contributed by atoms with Crippen molar-refractivity contribution in [1.29, 1.82) is 0 Å². The molecule has 2 atom stereocenters. The molecule has 0 amide bonds. The maximum atomic E-state index is 5.86. The molecule has 1 aliphatic heterocycles. The molecule has 0 N–H and O–H groups in total. The van der Waals surface area contributed by atoms with Gasteiger partial charge in [-0.15, -0.1) is 0 Å². The normalized spacial score (nSPS) is 23.9. The van der Waals surface area contributed by atoms with E-state index in [2.05, 4.69) is 23.7 Å². The number of hydrogen-bond acceptors (Lipinski definition) is 4. The lowest BCUT2D eigenvalue weighted by atomic mass is 10.2. The molecule has 1 fully saturated rings. The lowest BCUT2D eigenvalue weighted by Crippen LogP contribution is -2.46. The summed E-state index contributed by atoms with van der Waals surface area (Å²) in [5, 5.41) is 0. The van der Waals surface area contributed by atoms with Crippen LogP contribution in [0.15, 0.2) is 40.9 Å². The largest absolute Gasteiger partial charge is 0.439 e. The van der Waals surface area contributed by atoms with E-state index < -0.39 is 0 Å². The second-order valence-corrected chi connectivity index (χ2v) is 5.41. The Morgan fingerprint density at radius 2 is 2.05 bits per heavy atom. The van der Waals surface area contributed by atoms with Gasteiger partial charge >= 0.3 is 0 Å². The molecule has 2 heterocycles. The minimum Gasteiger partial charge on any atom is -0.439 e. The van der Waals surface area contributed by atoms with E-state index in [1.165, 1.54) is 0 Å². The van der Waals surface area contributed by atoms with Gasteiger partial charge in [0.25, 0.3) is 0 Å². The molecular weight excluding hydrogens is 252 g/mol. The summed E-state index contributed by atoms with van der Waals surface area (Å²) in [6.45, 7) is 6.70. The molecule has 1 aromatic heterocycles. The van der Waals surface area contributed by atoms with Crippen LogP contribution in [-0.4, -0.2) is 35.2 Å². The standard InChI is InChI=1S/C16H20N2O2/c1-12-11-19-13(2)9-18(12)10-16-17-8-15(20-16)14-6-4-3-5-7-14/h3-8,12-13H,9-11H2,1-2H3/t12-,13+/m0/s1. The number of aromatic nitrogens is 1. The smallest absolute Gasteiger partial charge is 0.209 e. The molecule has 1 saturated heterocycles. The van der Waals surface area contributed by atoms with E-state index in [-0.39, 0.29) is 6.10 Å². The van der Waals surface area contributed by atoms with Gasteiger partial charge in [-0.1, -0.05) is 30.3 Å². The predicted molar refractivity (Wildman–Crippen MR) is 77.2 cm³/mol. The summed E-state index contributed by atoms with van der Waals surface area (Å²) >= 11 is 0. The van der Waals surface area contributed by atoms with Gasteiger partial charge in [-0.2, -0.15) is 0 Å². The van der Waals surface area contributed by atoms with Crippen LogP contribution in [0.5, 0.6) is 0 Å². The lowest BCUT2D eigenvalue weighted by Gasteiger charge is -2.35. The number of hydrogen-bond donors (Lipinski definition) is 0. The summed E-state index contributed by atoms with van der Waals surface area (Å²) in [7, 11) is 0. The molecule has 0 aliphatic carbocycles. The Labute approximate surface area is 119 Å². The zero-order valence-electron chi connectivity index (χ0n) is 12.0. The molecule has 20 heavy (non-hydrogen) atoms. The minimum absolute atomic E-state index is 0.273. The van der Waals surface area contributed by atoms with Gasteiger partial charge in [-0.25, -0.2) is 4.98 Å². The van der Waals surface area contributed by atoms with Crippen LogP contribution in [0.3, 0.4) is 0 Å². The quantitative estimate of drug-likeness (QED) is 0.861. The van der Waals surface area contributed by atoms with Crippen LogP contribution >= 0.6 is 0 Å². The van der Waals surface area contributed by atoms with Gasteiger partial charge < -0.3 is 9.15 Å². The van der Waals surface area contributed by atoms with Gasteiger partial charge in [0.15, 0.2) is 5.76 Å². The molecule has 3 rings (SSSR count). The maximum absolute atomic E-state index is 5.86. The Morgan fingerprint density at radius 3 is 2.85 bits per heavy atom. The fourth-order valence-electron chi connectivity index (χ4n) is 2.49. The van der Waals surface area contributed by atoms with E-state index in [4.69, 9.17) is 9.15 Å². The number of oxazole rings is 1. The summed E-state index contributed by atoms with van der Waals surface area (Å²) in [4.78, 5) is 6.75. The third kappa shape index (κ3) is 2.92. The third-order valence-electron chi connectivity index (χ3n) is 3.69. The molecule has 1 aliphatic rings. The van der Waals surface area contributed by atoms with Crippen molar-refractivity contribution < 1.29 is 9.15 Å². The summed E-state index contributed by atoms with van der Waals surface area (Å²) in [6, 6.07) is 10.5. The number of nitrogens with zero attached hydrogens (tertiary/aromatic N) is 2. The highest BCUT2D eigenvalue weighted by Crippen LogP contribution is 2.21. The molecular formula is C16H20N2O2. The first-order valence-corrected chi connectivity index (χ1v) is 7.08. The van der Waals surface area contributed by atoms with Crippen LogP contribution in [0.1, 0.15) is 19.7 Å². The van der Waals surface area contributed by atoms with Crippen LogP contribution in [0.25, 0.3) is 11.3 Å². The fraction of sp³-hybridized carbons (Fsp3) is 0.438. The van der Waals surface area contributed by atoms with Crippen molar-refractivity contribution in [3.63, 3.8) is 0 Å². The van der Waals surface area contributed by atoms with Crippen LogP contribution < -0.4 is 0 Å². The molecule has 106 valence electrons. The van der Waals surface area contributed by atoms with Gasteiger partial charge in [0.05, 0.1) is 25.5 Å². The highest BCUT2D eigenvalue weighted by atomic mass is 16.5. The Hall–Kier alpha value is -1.65. The molecule has 2 aromatic rings. The summed E-state index contributed by atoms with van der Waals surface area (Å²) in [5.74, 6) is 1.60. The van der Waals surface area contributed by atoms with Crippen molar-refractivity contribution in [3.05, 3.63) is 42.4 Å². The monoisotopic (exact) mass is 272 g/mol. The summed E-state index contributed by atoms with van der Waals surface area (Å²) in [5.41, 5.74) is 1.06. The van der Waals surface area contributed by atoms with Gasteiger partial charge in [0, 0.05) is 18.2 Å². The Bertz CT molecular complexity index is 553. The van der Waals surface area contributed by atoms with Gasteiger partial charge in [-0.05, 0) is 13.8 Å².